The second kappa shape index (κ2) is 4.18. The number of rotatable bonds is 2. The highest BCUT2D eigenvalue weighted by atomic mass is 31.1. The minimum absolute atomic E-state index is 0.0938. The standard InChI is InChI=1S/C5H11O3P/c1-6-9-5-7-3-2-4-8-5/h5,9H,2-4H2,1H3. The van der Waals surface area contributed by atoms with Gasteiger partial charge in [-0.05, 0) is 6.42 Å². The summed E-state index contributed by atoms with van der Waals surface area (Å²) in [5.41, 5.74) is 0. The van der Waals surface area contributed by atoms with Gasteiger partial charge in [-0.1, -0.05) is 0 Å². The van der Waals surface area contributed by atoms with Gasteiger partial charge >= 0.3 is 0 Å². The van der Waals surface area contributed by atoms with Crippen molar-refractivity contribution in [1.82, 2.24) is 0 Å². The molecule has 0 amide bonds. The van der Waals surface area contributed by atoms with Crippen molar-refractivity contribution < 1.29 is 14.0 Å². The van der Waals surface area contributed by atoms with E-state index in [0.29, 0.717) is 8.81 Å². The lowest BCUT2D eigenvalue weighted by molar-refractivity contribution is -0.128. The van der Waals surface area contributed by atoms with Crippen molar-refractivity contribution in [2.75, 3.05) is 20.3 Å². The molecule has 0 aromatic carbocycles. The van der Waals surface area contributed by atoms with Crippen LogP contribution in [-0.2, 0) is 14.0 Å². The lowest BCUT2D eigenvalue weighted by Crippen LogP contribution is -2.20. The Kier molecular flexibility index (Phi) is 3.44. The minimum atomic E-state index is -0.0938. The van der Waals surface area contributed by atoms with Crippen molar-refractivity contribution in [3.8, 4) is 0 Å². The first-order valence-corrected chi connectivity index (χ1v) is 3.94. The molecule has 0 aromatic heterocycles. The first-order valence-electron chi connectivity index (χ1n) is 2.95. The van der Waals surface area contributed by atoms with E-state index in [1.54, 1.807) is 7.11 Å². The molecule has 1 atom stereocenters. The zero-order valence-electron chi connectivity index (χ0n) is 5.42. The Morgan fingerprint density at radius 1 is 1.44 bits per heavy atom. The Bertz CT molecular complexity index is 69.8. The Balaban J connectivity index is 2.08. The van der Waals surface area contributed by atoms with E-state index in [1.807, 2.05) is 0 Å². The summed E-state index contributed by atoms with van der Waals surface area (Å²) in [6.45, 7) is 1.61. The highest BCUT2D eigenvalue weighted by Crippen LogP contribution is 2.23. The Morgan fingerprint density at radius 3 is 2.67 bits per heavy atom. The zero-order chi connectivity index (χ0) is 6.53. The second-order valence-electron chi connectivity index (χ2n) is 1.75. The van der Waals surface area contributed by atoms with Crippen LogP contribution in [0.15, 0.2) is 0 Å². The summed E-state index contributed by atoms with van der Waals surface area (Å²) in [7, 11) is 1.97. The third kappa shape index (κ3) is 2.59. The molecule has 0 radical (unpaired) electrons. The number of ether oxygens (including phenoxy) is 2. The van der Waals surface area contributed by atoms with Crippen molar-refractivity contribution in [3.05, 3.63) is 0 Å². The van der Waals surface area contributed by atoms with Crippen LogP contribution >= 0.6 is 8.81 Å². The highest BCUT2D eigenvalue weighted by Gasteiger charge is 2.12. The Morgan fingerprint density at radius 2 is 2.11 bits per heavy atom. The summed E-state index contributed by atoms with van der Waals surface area (Å²) in [6.07, 6.45) is 1.00. The molecule has 1 saturated heterocycles. The monoisotopic (exact) mass is 150 g/mol. The minimum Gasteiger partial charge on any atom is -0.360 e. The molecule has 3 nitrogen and oxygen atoms in total. The van der Waals surface area contributed by atoms with Crippen LogP contribution in [0.4, 0.5) is 0 Å². The average molecular weight is 150 g/mol. The summed E-state index contributed by atoms with van der Waals surface area (Å²) in [6, 6.07) is -0.0938. The average Bonchev–Trinajstić information content (AvgIpc) is 1.91. The fraction of sp³-hybridized carbons (Fsp3) is 1.00. The van der Waals surface area contributed by atoms with E-state index < -0.39 is 0 Å². The molecule has 9 heavy (non-hydrogen) atoms. The molecule has 0 aromatic rings. The molecule has 1 unspecified atom stereocenters. The van der Waals surface area contributed by atoms with Gasteiger partial charge in [0.2, 0.25) is 0 Å². The second-order valence-corrected chi connectivity index (χ2v) is 2.86. The van der Waals surface area contributed by atoms with Gasteiger partial charge in [0.05, 0.1) is 22.0 Å². The van der Waals surface area contributed by atoms with Gasteiger partial charge in [-0.2, -0.15) is 0 Å². The third-order valence-corrected chi connectivity index (χ3v) is 1.80. The molecule has 0 aliphatic carbocycles. The predicted molar refractivity (Wildman–Crippen MR) is 35.6 cm³/mol. The Hall–Kier alpha value is 0.310. The fourth-order valence-electron chi connectivity index (χ4n) is 0.652. The molecule has 0 saturated carbocycles. The van der Waals surface area contributed by atoms with Gasteiger partial charge in [0.15, 0.2) is 6.03 Å². The smallest absolute Gasteiger partial charge is 0.198 e. The molecule has 1 aliphatic heterocycles. The molecule has 0 bridgehead atoms. The van der Waals surface area contributed by atoms with E-state index in [-0.39, 0.29) is 6.03 Å². The SMILES string of the molecule is COPC1OCCCO1. The lowest BCUT2D eigenvalue weighted by atomic mass is 10.5. The quantitative estimate of drug-likeness (QED) is 0.548. The van der Waals surface area contributed by atoms with E-state index in [9.17, 15) is 0 Å². The van der Waals surface area contributed by atoms with Gasteiger partial charge in [-0.25, -0.2) is 0 Å². The summed E-state index contributed by atoms with van der Waals surface area (Å²) in [5.74, 6) is 0. The van der Waals surface area contributed by atoms with Crippen LogP contribution < -0.4 is 0 Å². The number of hydrogen-bond donors (Lipinski definition) is 0. The Labute approximate surface area is 56.5 Å². The maximum absolute atomic E-state index is 5.18. The van der Waals surface area contributed by atoms with Crippen LogP contribution in [-0.4, -0.2) is 26.4 Å². The fourth-order valence-corrected chi connectivity index (χ4v) is 1.22. The maximum atomic E-state index is 5.18. The van der Waals surface area contributed by atoms with Gasteiger partial charge in [0.25, 0.3) is 0 Å². The molecular formula is C5H11O3P. The largest absolute Gasteiger partial charge is 0.360 e. The summed E-state index contributed by atoms with van der Waals surface area (Å²) in [5, 5.41) is 0. The lowest BCUT2D eigenvalue weighted by Gasteiger charge is -2.21. The highest BCUT2D eigenvalue weighted by molar-refractivity contribution is 7.32. The molecule has 4 heteroatoms. The van der Waals surface area contributed by atoms with Gasteiger partial charge in [-0.3, -0.25) is 0 Å². The van der Waals surface area contributed by atoms with Gasteiger partial charge < -0.3 is 14.0 Å². The van der Waals surface area contributed by atoms with Crippen molar-refractivity contribution in [2.24, 2.45) is 0 Å². The van der Waals surface area contributed by atoms with E-state index in [0.717, 1.165) is 19.6 Å². The molecule has 0 spiro atoms. The van der Waals surface area contributed by atoms with Gasteiger partial charge in [0, 0.05) is 7.11 Å². The summed E-state index contributed by atoms with van der Waals surface area (Å²) in [4.78, 5) is 0. The van der Waals surface area contributed by atoms with E-state index in [2.05, 4.69) is 0 Å². The van der Waals surface area contributed by atoms with Crippen LogP contribution in [0.2, 0.25) is 0 Å². The van der Waals surface area contributed by atoms with Crippen LogP contribution in [0.25, 0.3) is 0 Å². The topological polar surface area (TPSA) is 27.7 Å². The summed E-state index contributed by atoms with van der Waals surface area (Å²) >= 11 is 0. The summed E-state index contributed by atoms with van der Waals surface area (Å²) < 4.78 is 15.2. The van der Waals surface area contributed by atoms with Gasteiger partial charge in [0.1, 0.15) is 0 Å². The maximum Gasteiger partial charge on any atom is 0.198 e. The number of hydrogen-bond acceptors (Lipinski definition) is 3. The molecular weight excluding hydrogens is 139 g/mol. The molecule has 54 valence electrons. The van der Waals surface area contributed by atoms with E-state index in [4.69, 9.17) is 14.0 Å². The van der Waals surface area contributed by atoms with E-state index in [1.165, 1.54) is 0 Å². The van der Waals surface area contributed by atoms with Crippen molar-refractivity contribution in [1.29, 1.82) is 0 Å². The zero-order valence-corrected chi connectivity index (χ0v) is 6.42. The van der Waals surface area contributed by atoms with Crippen LogP contribution in [0.1, 0.15) is 6.42 Å². The molecule has 1 fully saturated rings. The molecule has 1 aliphatic rings. The third-order valence-electron chi connectivity index (χ3n) is 1.04. The van der Waals surface area contributed by atoms with Crippen LogP contribution in [0.3, 0.4) is 0 Å². The van der Waals surface area contributed by atoms with Crippen molar-refractivity contribution in [2.45, 2.75) is 12.5 Å². The van der Waals surface area contributed by atoms with Crippen molar-refractivity contribution in [3.63, 3.8) is 0 Å². The first-order chi connectivity index (χ1) is 4.43. The predicted octanol–water partition coefficient (Wildman–Crippen LogP) is 0.947. The van der Waals surface area contributed by atoms with Crippen LogP contribution in [0, 0.1) is 0 Å². The first kappa shape index (κ1) is 7.42. The van der Waals surface area contributed by atoms with Gasteiger partial charge in [-0.15, -0.1) is 0 Å². The molecule has 1 heterocycles. The normalized spacial score (nSPS) is 23.7. The van der Waals surface area contributed by atoms with E-state index >= 15 is 0 Å². The van der Waals surface area contributed by atoms with Crippen LogP contribution in [0.5, 0.6) is 0 Å². The molecule has 1 rings (SSSR count). The van der Waals surface area contributed by atoms with Crippen molar-refractivity contribution >= 4 is 8.81 Å². The molecule has 0 N–H and O–H groups in total.